The van der Waals surface area contributed by atoms with Gasteiger partial charge in [0.1, 0.15) is 6.04 Å². The van der Waals surface area contributed by atoms with Crippen molar-refractivity contribution in [2.45, 2.75) is 50.7 Å². The molecule has 10 heteroatoms. The highest BCUT2D eigenvalue weighted by atomic mass is 35.5. The number of amides is 2. The van der Waals surface area contributed by atoms with E-state index in [-0.39, 0.29) is 29.8 Å². The van der Waals surface area contributed by atoms with Crippen LogP contribution in [0.15, 0.2) is 77.7 Å². The van der Waals surface area contributed by atoms with E-state index in [4.69, 9.17) is 23.2 Å². The standard InChI is InChI=1S/C29H33Cl2N3O4S/c1-20(2)32-29(36)27(17-22-8-6-5-7-9-22)34(18-23-12-15-25(30)26(31)16-23)28(35)19-33(4)39(37,38)24-13-10-21(3)11-14-24/h5-16,20,27H,17-19H2,1-4H3,(H,32,36)/t27-/m0/s1. The van der Waals surface area contributed by atoms with Gasteiger partial charge in [-0.15, -0.1) is 0 Å². The van der Waals surface area contributed by atoms with Gasteiger partial charge in [0.15, 0.2) is 0 Å². The number of hydrogen-bond acceptors (Lipinski definition) is 4. The molecule has 0 aliphatic rings. The number of sulfonamides is 1. The second kappa shape index (κ2) is 13.4. The number of likely N-dealkylation sites (N-methyl/N-ethyl adjacent to an activating group) is 1. The van der Waals surface area contributed by atoms with E-state index in [9.17, 15) is 18.0 Å². The SMILES string of the molecule is Cc1ccc(S(=O)(=O)N(C)CC(=O)N(Cc2ccc(Cl)c(Cl)c2)[C@@H](Cc2ccccc2)C(=O)NC(C)C)cc1. The summed E-state index contributed by atoms with van der Waals surface area (Å²) in [4.78, 5) is 28.8. The fourth-order valence-corrected chi connectivity index (χ4v) is 5.47. The number of hydrogen-bond donors (Lipinski definition) is 1. The molecule has 0 aliphatic heterocycles. The predicted octanol–water partition coefficient (Wildman–Crippen LogP) is 5.09. The van der Waals surface area contributed by atoms with Crippen LogP contribution in [0.25, 0.3) is 0 Å². The maximum Gasteiger partial charge on any atom is 0.243 e. The summed E-state index contributed by atoms with van der Waals surface area (Å²) in [6.07, 6.45) is 0.237. The number of benzene rings is 3. The fourth-order valence-electron chi connectivity index (χ4n) is 4.03. The van der Waals surface area contributed by atoms with Gasteiger partial charge in [-0.1, -0.05) is 77.3 Å². The van der Waals surface area contributed by atoms with Gasteiger partial charge in [-0.05, 0) is 56.2 Å². The average Bonchev–Trinajstić information content (AvgIpc) is 2.88. The van der Waals surface area contributed by atoms with Crippen LogP contribution in [0.3, 0.4) is 0 Å². The Morgan fingerprint density at radius 1 is 0.897 bits per heavy atom. The highest BCUT2D eigenvalue weighted by Gasteiger charge is 2.33. The molecule has 39 heavy (non-hydrogen) atoms. The van der Waals surface area contributed by atoms with Gasteiger partial charge < -0.3 is 10.2 Å². The van der Waals surface area contributed by atoms with E-state index in [0.29, 0.717) is 15.6 Å². The van der Waals surface area contributed by atoms with Gasteiger partial charge in [0.2, 0.25) is 21.8 Å². The number of carbonyl (C=O) groups excluding carboxylic acids is 2. The van der Waals surface area contributed by atoms with Crippen LogP contribution < -0.4 is 5.32 Å². The molecule has 0 aliphatic carbocycles. The Morgan fingerprint density at radius 2 is 1.54 bits per heavy atom. The van der Waals surface area contributed by atoms with Crippen molar-refractivity contribution in [2.75, 3.05) is 13.6 Å². The third-order valence-electron chi connectivity index (χ3n) is 6.13. The van der Waals surface area contributed by atoms with Crippen molar-refractivity contribution in [1.82, 2.24) is 14.5 Å². The Balaban J connectivity index is 1.99. The molecule has 3 aromatic rings. The third kappa shape index (κ3) is 8.29. The minimum atomic E-state index is -3.95. The molecule has 7 nitrogen and oxygen atoms in total. The zero-order valence-corrected chi connectivity index (χ0v) is 24.7. The highest BCUT2D eigenvalue weighted by Crippen LogP contribution is 2.25. The van der Waals surface area contributed by atoms with E-state index in [1.54, 1.807) is 30.3 Å². The van der Waals surface area contributed by atoms with Crippen LogP contribution in [0.1, 0.15) is 30.5 Å². The van der Waals surface area contributed by atoms with Gasteiger partial charge in [0, 0.05) is 26.1 Å². The van der Waals surface area contributed by atoms with Crippen LogP contribution in [-0.2, 0) is 32.6 Å². The Kier molecular flexibility index (Phi) is 10.6. The molecule has 0 fully saturated rings. The van der Waals surface area contributed by atoms with Crippen molar-refractivity contribution in [3.05, 3.63) is 99.5 Å². The largest absolute Gasteiger partial charge is 0.352 e. The van der Waals surface area contributed by atoms with Crippen molar-refractivity contribution in [3.8, 4) is 0 Å². The van der Waals surface area contributed by atoms with Gasteiger partial charge in [0.05, 0.1) is 21.5 Å². The van der Waals surface area contributed by atoms with Crippen LogP contribution in [0, 0.1) is 6.92 Å². The minimum absolute atomic E-state index is 0.0250. The van der Waals surface area contributed by atoms with Crippen LogP contribution >= 0.6 is 23.2 Å². The Hall–Kier alpha value is -2.91. The molecule has 0 radical (unpaired) electrons. The molecule has 208 valence electrons. The quantitative estimate of drug-likeness (QED) is 0.337. The lowest BCUT2D eigenvalue weighted by atomic mass is 10.0. The number of aryl methyl sites for hydroxylation is 1. The van der Waals surface area contributed by atoms with E-state index in [1.165, 1.54) is 24.1 Å². The molecule has 2 amide bonds. The first-order valence-electron chi connectivity index (χ1n) is 12.5. The molecule has 1 atom stereocenters. The minimum Gasteiger partial charge on any atom is -0.352 e. The summed E-state index contributed by atoms with van der Waals surface area (Å²) >= 11 is 12.3. The van der Waals surface area contributed by atoms with Gasteiger partial charge in [-0.25, -0.2) is 8.42 Å². The number of nitrogens with one attached hydrogen (secondary N) is 1. The van der Waals surface area contributed by atoms with Crippen molar-refractivity contribution in [1.29, 1.82) is 0 Å². The number of carbonyl (C=O) groups is 2. The lowest BCUT2D eigenvalue weighted by molar-refractivity contribution is -0.141. The molecular formula is C29H33Cl2N3O4S. The first kappa shape index (κ1) is 30.6. The van der Waals surface area contributed by atoms with Crippen LogP contribution in [-0.4, -0.2) is 55.1 Å². The number of rotatable bonds is 11. The van der Waals surface area contributed by atoms with E-state index in [1.807, 2.05) is 51.1 Å². The molecule has 0 bridgehead atoms. The summed E-state index contributed by atoms with van der Waals surface area (Å²) in [5, 5.41) is 3.58. The normalized spacial score (nSPS) is 12.4. The lowest BCUT2D eigenvalue weighted by Crippen LogP contribution is -2.53. The van der Waals surface area contributed by atoms with Gasteiger partial charge in [-0.3, -0.25) is 9.59 Å². The first-order valence-corrected chi connectivity index (χ1v) is 14.7. The monoisotopic (exact) mass is 589 g/mol. The van der Waals surface area contributed by atoms with Crippen molar-refractivity contribution in [3.63, 3.8) is 0 Å². The zero-order valence-electron chi connectivity index (χ0n) is 22.4. The molecule has 3 aromatic carbocycles. The van der Waals surface area contributed by atoms with E-state index in [0.717, 1.165) is 15.4 Å². The van der Waals surface area contributed by atoms with Gasteiger partial charge in [-0.2, -0.15) is 4.31 Å². The molecule has 0 heterocycles. The predicted molar refractivity (Wildman–Crippen MR) is 155 cm³/mol. The molecule has 0 aromatic heterocycles. The maximum absolute atomic E-state index is 13.8. The highest BCUT2D eigenvalue weighted by molar-refractivity contribution is 7.89. The fraction of sp³-hybridized carbons (Fsp3) is 0.310. The summed E-state index contributed by atoms with van der Waals surface area (Å²) in [5.41, 5.74) is 2.42. The first-order chi connectivity index (χ1) is 18.4. The average molecular weight is 591 g/mol. The van der Waals surface area contributed by atoms with Gasteiger partial charge in [0.25, 0.3) is 0 Å². The summed E-state index contributed by atoms with van der Waals surface area (Å²) in [7, 11) is -2.59. The summed E-state index contributed by atoms with van der Waals surface area (Å²) in [6.45, 7) is 5.10. The molecule has 0 saturated heterocycles. The van der Waals surface area contributed by atoms with Gasteiger partial charge >= 0.3 is 0 Å². The second-order valence-corrected chi connectivity index (χ2v) is 12.6. The van der Waals surface area contributed by atoms with E-state index in [2.05, 4.69) is 5.32 Å². The van der Waals surface area contributed by atoms with Crippen LogP contribution in [0.4, 0.5) is 0 Å². The zero-order chi connectivity index (χ0) is 28.7. The molecule has 3 rings (SSSR count). The molecule has 0 unspecified atom stereocenters. The topological polar surface area (TPSA) is 86.8 Å². The van der Waals surface area contributed by atoms with E-state index < -0.39 is 28.5 Å². The molecule has 1 N–H and O–H groups in total. The summed E-state index contributed by atoms with van der Waals surface area (Å²) in [6, 6.07) is 19.7. The van der Waals surface area contributed by atoms with Crippen LogP contribution in [0.5, 0.6) is 0 Å². The third-order valence-corrected chi connectivity index (χ3v) is 8.68. The Morgan fingerprint density at radius 3 is 2.13 bits per heavy atom. The maximum atomic E-state index is 13.8. The molecule has 0 saturated carbocycles. The van der Waals surface area contributed by atoms with Crippen LogP contribution in [0.2, 0.25) is 10.0 Å². The Bertz CT molecular complexity index is 1400. The number of nitrogens with zero attached hydrogens (tertiary/aromatic N) is 2. The van der Waals surface area contributed by atoms with E-state index >= 15 is 0 Å². The lowest BCUT2D eigenvalue weighted by Gasteiger charge is -2.33. The van der Waals surface area contributed by atoms with Crippen molar-refractivity contribution < 1.29 is 18.0 Å². The second-order valence-electron chi connectivity index (χ2n) is 9.71. The smallest absolute Gasteiger partial charge is 0.243 e. The molecular weight excluding hydrogens is 557 g/mol. The summed E-state index contributed by atoms with van der Waals surface area (Å²) in [5.74, 6) is -0.870. The summed E-state index contributed by atoms with van der Waals surface area (Å²) < 4.78 is 27.5. The van der Waals surface area contributed by atoms with Crippen molar-refractivity contribution in [2.24, 2.45) is 0 Å². The molecule has 0 spiro atoms. The Labute approximate surface area is 240 Å². The van der Waals surface area contributed by atoms with Crippen molar-refractivity contribution >= 4 is 45.0 Å². The number of halogens is 2.